The first-order valence-corrected chi connectivity index (χ1v) is 4.43. The van der Waals surface area contributed by atoms with Crippen LogP contribution < -0.4 is 0 Å². The van der Waals surface area contributed by atoms with E-state index < -0.39 is 0 Å². The number of H-pyrrole nitrogens is 1. The Kier molecular flexibility index (Phi) is 3.53. The molecule has 1 rings (SSSR count). The predicted molar refractivity (Wildman–Crippen MR) is 48.6 cm³/mol. The maximum Gasteiger partial charge on any atom is 0.186 e. The predicted octanol–water partition coefficient (Wildman–Crippen LogP) is 1.10. The normalized spacial score (nSPS) is 10.8. The first kappa shape index (κ1) is 8.99. The molecule has 12 heavy (non-hydrogen) atoms. The Labute approximate surface area is 74.5 Å². The van der Waals surface area contributed by atoms with Crippen molar-refractivity contribution in [3.63, 3.8) is 0 Å². The number of nitrogens with zero attached hydrogens (tertiary/aromatic N) is 2. The lowest BCUT2D eigenvalue weighted by Gasteiger charge is -1.86. The van der Waals surface area contributed by atoms with Crippen molar-refractivity contribution >= 4 is 23.0 Å². The van der Waals surface area contributed by atoms with Gasteiger partial charge in [-0.2, -0.15) is 5.10 Å². The van der Waals surface area contributed by atoms with Crippen LogP contribution in [0.1, 0.15) is 12.7 Å². The number of carbonyl (C=O) groups excluding carboxylic acids is 1. The molecule has 1 aromatic heterocycles. The fraction of sp³-hybridized carbons (Fsp3) is 0.286. The highest BCUT2D eigenvalue weighted by Gasteiger charge is 1.90. The molecule has 0 aromatic carbocycles. The summed E-state index contributed by atoms with van der Waals surface area (Å²) in [4.78, 5) is 14.4. The number of aromatic nitrogens is 3. The molecular formula is C7H9N3OS. The molecule has 0 saturated heterocycles. The van der Waals surface area contributed by atoms with Crippen molar-refractivity contribution in [3.05, 3.63) is 18.2 Å². The Morgan fingerprint density at radius 1 is 1.83 bits per heavy atom. The quantitative estimate of drug-likeness (QED) is 0.762. The van der Waals surface area contributed by atoms with Crippen molar-refractivity contribution in [2.45, 2.75) is 6.92 Å². The van der Waals surface area contributed by atoms with Crippen molar-refractivity contribution < 1.29 is 4.79 Å². The fourth-order valence-electron chi connectivity index (χ4n) is 0.620. The second kappa shape index (κ2) is 4.71. The van der Waals surface area contributed by atoms with Gasteiger partial charge in [0.05, 0.1) is 0 Å². The molecule has 0 aliphatic heterocycles. The number of thioether (sulfide) groups is 1. The molecule has 0 fully saturated rings. The second-order valence-electron chi connectivity index (χ2n) is 2.08. The van der Waals surface area contributed by atoms with Crippen LogP contribution >= 0.6 is 11.8 Å². The highest BCUT2D eigenvalue weighted by molar-refractivity contribution is 8.13. The van der Waals surface area contributed by atoms with Gasteiger partial charge >= 0.3 is 0 Å². The third-order valence-electron chi connectivity index (χ3n) is 1.09. The molecule has 0 unspecified atom stereocenters. The van der Waals surface area contributed by atoms with E-state index in [0.29, 0.717) is 11.6 Å². The summed E-state index contributed by atoms with van der Waals surface area (Å²) >= 11 is 1.27. The third-order valence-corrected chi connectivity index (χ3v) is 1.86. The van der Waals surface area contributed by atoms with E-state index >= 15 is 0 Å². The minimum Gasteiger partial charge on any atom is -0.288 e. The maximum absolute atomic E-state index is 10.5. The molecule has 1 aromatic rings. The van der Waals surface area contributed by atoms with Crippen LogP contribution in [-0.2, 0) is 4.79 Å². The average Bonchev–Trinajstić information content (AvgIpc) is 2.49. The fourth-order valence-corrected chi connectivity index (χ4v) is 1.05. The van der Waals surface area contributed by atoms with E-state index in [9.17, 15) is 4.79 Å². The van der Waals surface area contributed by atoms with Gasteiger partial charge in [0.2, 0.25) is 0 Å². The van der Waals surface area contributed by atoms with Crippen molar-refractivity contribution in [2.24, 2.45) is 0 Å². The van der Waals surface area contributed by atoms with Gasteiger partial charge in [-0.25, -0.2) is 4.98 Å². The molecule has 0 spiro atoms. The second-order valence-corrected chi connectivity index (χ2v) is 3.27. The topological polar surface area (TPSA) is 58.6 Å². The van der Waals surface area contributed by atoms with E-state index in [0.717, 1.165) is 0 Å². The van der Waals surface area contributed by atoms with Crippen molar-refractivity contribution in [1.29, 1.82) is 0 Å². The van der Waals surface area contributed by atoms with Gasteiger partial charge in [-0.05, 0) is 6.08 Å². The molecule has 1 heterocycles. The van der Waals surface area contributed by atoms with Crippen molar-refractivity contribution in [2.75, 3.05) is 5.75 Å². The molecule has 5 heteroatoms. The molecule has 0 saturated carbocycles. The molecule has 0 atom stereocenters. The number of nitrogens with one attached hydrogen (secondary N) is 1. The smallest absolute Gasteiger partial charge is 0.186 e. The molecule has 64 valence electrons. The van der Waals surface area contributed by atoms with Crippen LogP contribution in [0.4, 0.5) is 0 Å². The van der Waals surface area contributed by atoms with Crippen LogP contribution in [0.3, 0.4) is 0 Å². The van der Waals surface area contributed by atoms with Crippen molar-refractivity contribution in [3.8, 4) is 0 Å². The van der Waals surface area contributed by atoms with Gasteiger partial charge in [-0.3, -0.25) is 9.89 Å². The summed E-state index contributed by atoms with van der Waals surface area (Å²) < 4.78 is 0. The van der Waals surface area contributed by atoms with Gasteiger partial charge in [-0.15, -0.1) is 0 Å². The summed E-state index contributed by atoms with van der Waals surface area (Å²) in [7, 11) is 0. The highest BCUT2D eigenvalue weighted by Crippen LogP contribution is 2.01. The maximum atomic E-state index is 10.5. The number of carbonyl (C=O) groups is 1. The van der Waals surface area contributed by atoms with Gasteiger partial charge in [0, 0.05) is 12.7 Å². The standard InChI is InChI=1S/C7H9N3OS/c1-6(11)12-4-2-3-7-8-5-9-10-7/h2-3,5H,4H2,1H3,(H,8,9,10). The summed E-state index contributed by atoms with van der Waals surface area (Å²) in [6, 6.07) is 0. The zero-order chi connectivity index (χ0) is 8.81. The SMILES string of the molecule is CC(=O)SCC=Cc1ncn[nH]1. The minimum atomic E-state index is 0.122. The van der Waals surface area contributed by atoms with Crippen molar-refractivity contribution in [1.82, 2.24) is 15.2 Å². The molecule has 0 aliphatic rings. The third kappa shape index (κ3) is 3.34. The van der Waals surface area contributed by atoms with Gasteiger partial charge in [0.15, 0.2) is 5.12 Å². The molecule has 0 bridgehead atoms. The van der Waals surface area contributed by atoms with Crippen LogP contribution in [0.25, 0.3) is 6.08 Å². The summed E-state index contributed by atoms with van der Waals surface area (Å²) in [5.74, 6) is 1.38. The monoisotopic (exact) mass is 183 g/mol. The van der Waals surface area contributed by atoms with E-state index in [2.05, 4.69) is 15.2 Å². The Bertz CT molecular complexity index is 268. The molecule has 4 nitrogen and oxygen atoms in total. The molecule has 0 radical (unpaired) electrons. The van der Waals surface area contributed by atoms with Gasteiger partial charge < -0.3 is 0 Å². The summed E-state index contributed by atoms with van der Waals surface area (Å²) in [5.41, 5.74) is 0. The van der Waals surface area contributed by atoms with E-state index in [1.165, 1.54) is 18.1 Å². The number of aromatic amines is 1. The average molecular weight is 183 g/mol. The van der Waals surface area contributed by atoms with Crippen LogP contribution in [0, 0.1) is 0 Å². The largest absolute Gasteiger partial charge is 0.288 e. The van der Waals surface area contributed by atoms with Gasteiger partial charge in [-0.1, -0.05) is 17.8 Å². The molecular weight excluding hydrogens is 174 g/mol. The van der Waals surface area contributed by atoms with Crippen LogP contribution in [-0.4, -0.2) is 26.0 Å². The summed E-state index contributed by atoms with van der Waals surface area (Å²) in [6.07, 6.45) is 5.10. The Hall–Kier alpha value is -1.10. The van der Waals surface area contributed by atoms with Crippen LogP contribution in [0.5, 0.6) is 0 Å². The first-order valence-electron chi connectivity index (χ1n) is 3.44. The Morgan fingerprint density at radius 2 is 2.67 bits per heavy atom. The van der Waals surface area contributed by atoms with Crippen LogP contribution in [0.15, 0.2) is 12.4 Å². The highest BCUT2D eigenvalue weighted by atomic mass is 32.2. The van der Waals surface area contributed by atoms with E-state index in [1.54, 1.807) is 13.0 Å². The Balaban J connectivity index is 2.27. The zero-order valence-electron chi connectivity index (χ0n) is 6.65. The molecule has 0 aliphatic carbocycles. The minimum absolute atomic E-state index is 0.122. The van der Waals surface area contributed by atoms with E-state index in [4.69, 9.17) is 0 Å². The lowest BCUT2D eigenvalue weighted by Crippen LogP contribution is -1.82. The zero-order valence-corrected chi connectivity index (χ0v) is 7.47. The lowest BCUT2D eigenvalue weighted by molar-refractivity contribution is -0.109. The summed E-state index contributed by atoms with van der Waals surface area (Å²) in [5, 5.41) is 6.48. The number of hydrogen-bond acceptors (Lipinski definition) is 4. The number of hydrogen-bond donors (Lipinski definition) is 1. The van der Waals surface area contributed by atoms with Gasteiger partial charge in [0.1, 0.15) is 12.2 Å². The molecule has 0 amide bonds. The van der Waals surface area contributed by atoms with E-state index in [1.807, 2.05) is 6.08 Å². The Morgan fingerprint density at radius 3 is 3.25 bits per heavy atom. The summed E-state index contributed by atoms with van der Waals surface area (Å²) in [6.45, 7) is 1.55. The first-order chi connectivity index (χ1) is 5.79. The number of rotatable bonds is 3. The molecule has 1 N–H and O–H groups in total. The van der Waals surface area contributed by atoms with E-state index in [-0.39, 0.29) is 5.12 Å². The van der Waals surface area contributed by atoms with Crippen LogP contribution in [0.2, 0.25) is 0 Å². The van der Waals surface area contributed by atoms with Gasteiger partial charge in [0.25, 0.3) is 0 Å². The lowest BCUT2D eigenvalue weighted by atomic mass is 10.5.